The number of aliphatic hydroxyl groups is 1. The third kappa shape index (κ3) is 4.02. The zero-order valence-corrected chi connectivity index (χ0v) is 16.1. The third-order valence-corrected chi connectivity index (χ3v) is 6.27. The van der Waals surface area contributed by atoms with E-state index in [1.807, 2.05) is 4.90 Å². The summed E-state index contributed by atoms with van der Waals surface area (Å²) in [5.74, 6) is -0.836. The zero-order valence-electron chi connectivity index (χ0n) is 16.1. The van der Waals surface area contributed by atoms with Crippen molar-refractivity contribution in [1.29, 1.82) is 0 Å². The lowest BCUT2D eigenvalue weighted by atomic mass is 9.91. The smallest absolute Gasteiger partial charge is 0.416 e. The molecular formula is C22H23F3N2O3. The molecule has 1 heterocycles. The normalized spacial score (nSPS) is 25.1. The molecular weight excluding hydrogens is 397 g/mol. The van der Waals surface area contributed by atoms with Crippen LogP contribution in [0.3, 0.4) is 0 Å². The minimum Gasteiger partial charge on any atom is -0.478 e. The number of aliphatic hydroxyl groups excluding tert-OH is 1. The number of carbonyl (C=O) groups is 1. The highest BCUT2D eigenvalue weighted by molar-refractivity contribution is 5.94. The monoisotopic (exact) mass is 420 g/mol. The van der Waals surface area contributed by atoms with E-state index < -0.39 is 24.1 Å². The van der Waals surface area contributed by atoms with E-state index in [9.17, 15) is 28.2 Å². The maximum absolute atomic E-state index is 13.4. The summed E-state index contributed by atoms with van der Waals surface area (Å²) < 4.78 is 40.1. The second kappa shape index (κ2) is 7.92. The molecule has 0 aromatic heterocycles. The van der Waals surface area contributed by atoms with Gasteiger partial charge in [0.15, 0.2) is 6.35 Å². The van der Waals surface area contributed by atoms with E-state index in [0.29, 0.717) is 37.2 Å². The van der Waals surface area contributed by atoms with Crippen LogP contribution in [0.15, 0.2) is 48.5 Å². The highest BCUT2D eigenvalue weighted by Gasteiger charge is 2.45. The van der Waals surface area contributed by atoms with Crippen LogP contribution < -0.4 is 5.32 Å². The molecule has 4 atom stereocenters. The van der Waals surface area contributed by atoms with Crippen molar-refractivity contribution in [2.75, 3.05) is 18.4 Å². The van der Waals surface area contributed by atoms with Crippen LogP contribution in [0.1, 0.15) is 40.2 Å². The van der Waals surface area contributed by atoms with Crippen molar-refractivity contribution in [1.82, 2.24) is 4.90 Å². The van der Waals surface area contributed by atoms with Gasteiger partial charge in [-0.2, -0.15) is 13.2 Å². The number of nitrogens with one attached hydrogen (secondary N) is 1. The van der Waals surface area contributed by atoms with Gasteiger partial charge in [0.1, 0.15) is 0 Å². The van der Waals surface area contributed by atoms with Crippen molar-refractivity contribution in [3.05, 3.63) is 65.2 Å². The number of hydrogen-bond donors (Lipinski definition) is 3. The summed E-state index contributed by atoms with van der Waals surface area (Å²) in [6.45, 7) is 1.11. The highest BCUT2D eigenvalue weighted by Crippen LogP contribution is 2.49. The van der Waals surface area contributed by atoms with Gasteiger partial charge < -0.3 is 15.5 Å². The van der Waals surface area contributed by atoms with Gasteiger partial charge in [-0.15, -0.1) is 0 Å². The number of carboxylic acids is 1. The number of para-hydroxylation sites is 1. The molecule has 30 heavy (non-hydrogen) atoms. The molecule has 2 fully saturated rings. The molecule has 1 aliphatic carbocycles. The van der Waals surface area contributed by atoms with Crippen LogP contribution in [0.5, 0.6) is 0 Å². The van der Waals surface area contributed by atoms with Gasteiger partial charge in [-0.1, -0.05) is 30.3 Å². The Labute approximate surface area is 172 Å². The van der Waals surface area contributed by atoms with E-state index in [4.69, 9.17) is 0 Å². The van der Waals surface area contributed by atoms with Gasteiger partial charge in [-0.3, -0.25) is 4.90 Å². The second-order valence-electron chi connectivity index (χ2n) is 8.10. The molecule has 1 saturated heterocycles. The number of aromatic carboxylic acids is 1. The molecule has 2 aromatic rings. The molecule has 5 nitrogen and oxygen atoms in total. The van der Waals surface area contributed by atoms with Gasteiger partial charge in [-0.05, 0) is 54.4 Å². The van der Waals surface area contributed by atoms with Crippen LogP contribution in [0.2, 0.25) is 0 Å². The van der Waals surface area contributed by atoms with E-state index in [-0.39, 0.29) is 23.3 Å². The van der Waals surface area contributed by atoms with Crippen LogP contribution in [-0.2, 0) is 6.18 Å². The van der Waals surface area contributed by atoms with Crippen LogP contribution in [0.4, 0.5) is 18.9 Å². The number of alkyl halides is 3. The van der Waals surface area contributed by atoms with Gasteiger partial charge in [-0.25, -0.2) is 4.79 Å². The lowest BCUT2D eigenvalue weighted by Crippen LogP contribution is -2.40. The molecule has 3 N–H and O–H groups in total. The number of carboxylic acid groups (broad SMARTS) is 1. The Kier molecular flexibility index (Phi) is 5.46. The Balaban J connectivity index is 1.42. The Morgan fingerprint density at radius 1 is 1.03 bits per heavy atom. The first-order valence-electron chi connectivity index (χ1n) is 9.91. The Bertz CT molecular complexity index is 920. The fraction of sp³-hybridized carbons (Fsp3) is 0.409. The molecule has 1 saturated carbocycles. The van der Waals surface area contributed by atoms with E-state index in [1.54, 1.807) is 30.3 Å². The van der Waals surface area contributed by atoms with Crippen LogP contribution >= 0.6 is 0 Å². The van der Waals surface area contributed by atoms with Crippen molar-refractivity contribution >= 4 is 11.7 Å². The standard InChI is InChI=1S/C22H23F3N2O3/c23-22(24,25)18-7-3-1-5-16(18)13-9-14-11-27(12-15(14)10-13)21(30)26-19-8-4-2-6-17(19)20(28)29/h1-8,13-15,21,26,30H,9-12H2,(H,28,29)/t13-,14-,15+,21?. The largest absolute Gasteiger partial charge is 0.478 e. The number of likely N-dealkylation sites (tertiary alicyclic amines) is 1. The molecule has 0 bridgehead atoms. The molecule has 0 spiro atoms. The number of benzene rings is 2. The topological polar surface area (TPSA) is 72.8 Å². The molecule has 2 aliphatic rings. The predicted octanol–water partition coefficient (Wildman–Crippen LogP) is 4.22. The lowest BCUT2D eigenvalue weighted by molar-refractivity contribution is -0.138. The van der Waals surface area contributed by atoms with Crippen LogP contribution in [0.25, 0.3) is 0 Å². The molecule has 160 valence electrons. The van der Waals surface area contributed by atoms with Gasteiger partial charge in [0.05, 0.1) is 16.8 Å². The SMILES string of the molecule is O=C(O)c1ccccc1NC(O)N1C[C@H]2C[C@@H](c3ccccc3C(F)(F)F)C[C@H]2C1. The van der Waals surface area contributed by atoms with E-state index >= 15 is 0 Å². The zero-order chi connectivity index (χ0) is 21.5. The van der Waals surface area contributed by atoms with E-state index in [2.05, 4.69) is 5.32 Å². The summed E-state index contributed by atoms with van der Waals surface area (Å²) in [4.78, 5) is 13.2. The first-order valence-corrected chi connectivity index (χ1v) is 9.91. The van der Waals surface area contributed by atoms with Crippen LogP contribution in [0, 0.1) is 11.8 Å². The summed E-state index contributed by atoms with van der Waals surface area (Å²) in [7, 11) is 0. The number of halogens is 3. The third-order valence-electron chi connectivity index (χ3n) is 6.27. The number of hydrogen-bond acceptors (Lipinski definition) is 4. The van der Waals surface area contributed by atoms with E-state index in [0.717, 1.165) is 6.07 Å². The maximum Gasteiger partial charge on any atom is 0.416 e. The fourth-order valence-corrected chi connectivity index (χ4v) is 4.93. The van der Waals surface area contributed by atoms with Crippen molar-refractivity contribution in [2.24, 2.45) is 11.8 Å². The first-order chi connectivity index (χ1) is 14.2. The predicted molar refractivity (Wildman–Crippen MR) is 105 cm³/mol. The quantitative estimate of drug-likeness (QED) is 0.632. The Morgan fingerprint density at radius 2 is 1.63 bits per heavy atom. The average molecular weight is 420 g/mol. The number of anilines is 1. The van der Waals surface area contributed by atoms with Gasteiger partial charge in [0, 0.05) is 13.1 Å². The summed E-state index contributed by atoms with van der Waals surface area (Å²) in [5, 5.41) is 22.7. The first kappa shape index (κ1) is 20.7. The Hall–Kier alpha value is -2.58. The van der Waals surface area contributed by atoms with Gasteiger partial charge in [0.25, 0.3) is 0 Å². The second-order valence-corrected chi connectivity index (χ2v) is 8.10. The van der Waals surface area contributed by atoms with Crippen LogP contribution in [-0.4, -0.2) is 40.5 Å². The fourth-order valence-electron chi connectivity index (χ4n) is 4.93. The highest BCUT2D eigenvalue weighted by atomic mass is 19.4. The summed E-state index contributed by atoms with van der Waals surface area (Å²) in [5.41, 5.74) is 0.199. The lowest BCUT2D eigenvalue weighted by Gasteiger charge is -2.27. The van der Waals surface area contributed by atoms with Gasteiger partial charge in [0.2, 0.25) is 0 Å². The summed E-state index contributed by atoms with van der Waals surface area (Å²) in [6.07, 6.45) is -4.13. The number of nitrogens with zero attached hydrogens (tertiary/aromatic N) is 1. The average Bonchev–Trinajstić information content (AvgIpc) is 3.27. The van der Waals surface area contributed by atoms with Crippen molar-refractivity contribution in [3.63, 3.8) is 0 Å². The van der Waals surface area contributed by atoms with E-state index in [1.165, 1.54) is 12.1 Å². The van der Waals surface area contributed by atoms with Crippen molar-refractivity contribution < 1.29 is 28.2 Å². The number of fused-ring (bicyclic) bond motifs is 1. The number of rotatable bonds is 5. The molecule has 8 heteroatoms. The molecule has 1 aliphatic heterocycles. The molecule has 0 amide bonds. The summed E-state index contributed by atoms with van der Waals surface area (Å²) in [6, 6.07) is 12.1. The molecule has 1 unspecified atom stereocenters. The van der Waals surface area contributed by atoms with Crippen molar-refractivity contribution in [2.45, 2.75) is 31.3 Å². The van der Waals surface area contributed by atoms with Gasteiger partial charge >= 0.3 is 12.1 Å². The molecule has 4 rings (SSSR count). The molecule has 0 radical (unpaired) electrons. The minimum atomic E-state index is -4.36. The minimum absolute atomic E-state index is 0.0692. The summed E-state index contributed by atoms with van der Waals surface area (Å²) >= 11 is 0. The maximum atomic E-state index is 13.4. The molecule has 2 aromatic carbocycles. The van der Waals surface area contributed by atoms with Crippen molar-refractivity contribution in [3.8, 4) is 0 Å². The Morgan fingerprint density at radius 3 is 2.27 bits per heavy atom.